The summed E-state index contributed by atoms with van der Waals surface area (Å²) in [6.45, 7) is 4.19. The van der Waals surface area contributed by atoms with Crippen LogP contribution in [0.15, 0.2) is 24.3 Å². The molecule has 16 heavy (non-hydrogen) atoms. The summed E-state index contributed by atoms with van der Waals surface area (Å²) in [7, 11) is 0. The number of halogens is 1. The highest BCUT2D eigenvalue weighted by Gasteiger charge is 2.46. The van der Waals surface area contributed by atoms with Gasteiger partial charge < -0.3 is 5.11 Å². The summed E-state index contributed by atoms with van der Waals surface area (Å²) in [5, 5.41) is 10.8. The lowest BCUT2D eigenvalue weighted by Crippen LogP contribution is -2.44. The van der Waals surface area contributed by atoms with Crippen molar-refractivity contribution in [1.29, 1.82) is 0 Å². The van der Waals surface area contributed by atoms with E-state index in [1.54, 1.807) is 12.1 Å². The fraction of sp³-hybridized carbons (Fsp3) is 0.571. The molecule has 1 fully saturated rings. The van der Waals surface area contributed by atoms with Crippen molar-refractivity contribution >= 4 is 0 Å². The lowest BCUT2D eigenvalue weighted by atomic mass is 9.62. The fourth-order valence-corrected chi connectivity index (χ4v) is 2.75. The first-order chi connectivity index (χ1) is 7.46. The van der Waals surface area contributed by atoms with Gasteiger partial charge in [0.05, 0.1) is 5.60 Å². The molecule has 1 unspecified atom stereocenters. The van der Waals surface area contributed by atoms with Crippen LogP contribution in [-0.4, -0.2) is 5.11 Å². The maximum Gasteiger partial charge on any atom is 0.123 e. The Hall–Kier alpha value is -0.890. The molecule has 1 aromatic carbocycles. The molecule has 0 heterocycles. The minimum absolute atomic E-state index is 0.136. The summed E-state index contributed by atoms with van der Waals surface area (Å²) in [4.78, 5) is 0. The molecule has 0 saturated heterocycles. The standard InChI is InChI=1S/C14H19FO/c1-13(2)9-3-4-10-14(13,16)11-5-7-12(15)8-6-11/h5-8,16H,3-4,9-10H2,1-2H3. The normalized spacial score (nSPS) is 29.0. The number of rotatable bonds is 1. The summed E-state index contributed by atoms with van der Waals surface area (Å²) < 4.78 is 12.9. The van der Waals surface area contributed by atoms with Crippen molar-refractivity contribution < 1.29 is 9.50 Å². The van der Waals surface area contributed by atoms with E-state index in [4.69, 9.17) is 0 Å². The van der Waals surface area contributed by atoms with Crippen LogP contribution in [0.4, 0.5) is 4.39 Å². The maximum absolute atomic E-state index is 12.9. The molecule has 1 aliphatic rings. The highest BCUT2D eigenvalue weighted by atomic mass is 19.1. The number of hydrogen-bond donors (Lipinski definition) is 1. The first-order valence-corrected chi connectivity index (χ1v) is 5.94. The second kappa shape index (κ2) is 3.85. The summed E-state index contributed by atoms with van der Waals surface area (Å²) in [6, 6.07) is 6.28. The predicted octanol–water partition coefficient (Wildman–Crippen LogP) is 3.61. The molecule has 0 aliphatic heterocycles. The van der Waals surface area contributed by atoms with Crippen molar-refractivity contribution in [2.75, 3.05) is 0 Å². The lowest BCUT2D eigenvalue weighted by molar-refractivity contribution is -0.103. The largest absolute Gasteiger partial charge is 0.385 e. The molecule has 0 radical (unpaired) electrons. The minimum atomic E-state index is -0.807. The zero-order chi connectivity index (χ0) is 11.8. The smallest absolute Gasteiger partial charge is 0.123 e. The zero-order valence-electron chi connectivity index (χ0n) is 9.96. The van der Waals surface area contributed by atoms with Gasteiger partial charge >= 0.3 is 0 Å². The van der Waals surface area contributed by atoms with Crippen molar-refractivity contribution in [3.05, 3.63) is 35.6 Å². The van der Waals surface area contributed by atoms with Crippen LogP contribution >= 0.6 is 0 Å². The topological polar surface area (TPSA) is 20.2 Å². The predicted molar refractivity (Wildman–Crippen MR) is 62.5 cm³/mol. The molecule has 1 saturated carbocycles. The van der Waals surface area contributed by atoms with Gasteiger partial charge in [-0.25, -0.2) is 4.39 Å². The Labute approximate surface area is 96.3 Å². The monoisotopic (exact) mass is 222 g/mol. The molecule has 0 bridgehead atoms. The van der Waals surface area contributed by atoms with Crippen LogP contribution in [0.1, 0.15) is 45.1 Å². The molecular formula is C14H19FO. The Morgan fingerprint density at radius 2 is 1.62 bits per heavy atom. The van der Waals surface area contributed by atoms with Gasteiger partial charge in [-0.1, -0.05) is 38.8 Å². The molecular weight excluding hydrogens is 203 g/mol. The first kappa shape index (κ1) is 11.6. The summed E-state index contributed by atoms with van der Waals surface area (Å²) in [5.41, 5.74) is -0.0965. The Morgan fingerprint density at radius 1 is 1.06 bits per heavy atom. The SMILES string of the molecule is CC1(C)CCCCC1(O)c1ccc(F)cc1. The molecule has 1 atom stereocenters. The highest BCUT2D eigenvalue weighted by Crippen LogP contribution is 2.49. The first-order valence-electron chi connectivity index (χ1n) is 5.94. The average Bonchev–Trinajstić information content (AvgIpc) is 2.23. The van der Waals surface area contributed by atoms with Crippen molar-refractivity contribution in [1.82, 2.24) is 0 Å². The van der Waals surface area contributed by atoms with Crippen LogP contribution in [0.25, 0.3) is 0 Å². The van der Waals surface area contributed by atoms with Gasteiger partial charge in [-0.3, -0.25) is 0 Å². The molecule has 0 aromatic heterocycles. The summed E-state index contributed by atoms with van der Waals surface area (Å²) in [6.07, 6.45) is 3.99. The Bertz CT molecular complexity index is 369. The van der Waals surface area contributed by atoms with Crippen molar-refractivity contribution in [3.8, 4) is 0 Å². The van der Waals surface area contributed by atoms with Crippen LogP contribution in [-0.2, 0) is 5.60 Å². The van der Waals surface area contributed by atoms with Gasteiger partial charge in [0.15, 0.2) is 0 Å². The number of aliphatic hydroxyl groups is 1. The number of hydrogen-bond acceptors (Lipinski definition) is 1. The third-order valence-electron chi connectivity index (χ3n) is 4.03. The third kappa shape index (κ3) is 1.75. The number of benzene rings is 1. The highest BCUT2D eigenvalue weighted by molar-refractivity contribution is 5.26. The van der Waals surface area contributed by atoms with Gasteiger partial charge in [0.25, 0.3) is 0 Å². The van der Waals surface area contributed by atoms with Crippen LogP contribution in [0.2, 0.25) is 0 Å². The molecule has 0 amide bonds. The van der Waals surface area contributed by atoms with E-state index in [9.17, 15) is 9.50 Å². The van der Waals surface area contributed by atoms with Crippen molar-refractivity contribution in [2.24, 2.45) is 5.41 Å². The molecule has 1 aliphatic carbocycles. The van der Waals surface area contributed by atoms with Crippen LogP contribution in [0.3, 0.4) is 0 Å². The van der Waals surface area contributed by atoms with Gasteiger partial charge in [0.1, 0.15) is 5.82 Å². The van der Waals surface area contributed by atoms with Gasteiger partial charge in [-0.15, -0.1) is 0 Å². The molecule has 2 heteroatoms. The van der Waals surface area contributed by atoms with Crippen molar-refractivity contribution in [3.63, 3.8) is 0 Å². The van der Waals surface area contributed by atoms with Crippen LogP contribution in [0.5, 0.6) is 0 Å². The minimum Gasteiger partial charge on any atom is -0.385 e. The van der Waals surface area contributed by atoms with Gasteiger partial charge in [-0.2, -0.15) is 0 Å². The van der Waals surface area contributed by atoms with Crippen LogP contribution in [0, 0.1) is 11.2 Å². The zero-order valence-corrected chi connectivity index (χ0v) is 9.96. The Balaban J connectivity index is 2.39. The fourth-order valence-electron chi connectivity index (χ4n) is 2.75. The second-order valence-electron chi connectivity index (χ2n) is 5.46. The quantitative estimate of drug-likeness (QED) is 0.769. The molecule has 2 rings (SSSR count). The molecule has 0 spiro atoms. The Kier molecular flexibility index (Phi) is 2.79. The van der Waals surface area contributed by atoms with E-state index >= 15 is 0 Å². The van der Waals surface area contributed by atoms with E-state index in [-0.39, 0.29) is 11.2 Å². The molecule has 1 nitrogen and oxygen atoms in total. The van der Waals surface area contributed by atoms with Crippen molar-refractivity contribution in [2.45, 2.75) is 45.1 Å². The molecule has 1 N–H and O–H groups in total. The van der Waals surface area contributed by atoms with E-state index in [2.05, 4.69) is 13.8 Å². The van der Waals surface area contributed by atoms with E-state index in [1.165, 1.54) is 12.1 Å². The van der Waals surface area contributed by atoms with Gasteiger partial charge in [0, 0.05) is 0 Å². The van der Waals surface area contributed by atoms with E-state index in [1.807, 2.05) is 0 Å². The third-order valence-corrected chi connectivity index (χ3v) is 4.03. The maximum atomic E-state index is 12.9. The summed E-state index contributed by atoms with van der Waals surface area (Å²) in [5.74, 6) is -0.249. The van der Waals surface area contributed by atoms with Gasteiger partial charge in [-0.05, 0) is 36.0 Å². The lowest BCUT2D eigenvalue weighted by Gasteiger charge is -2.47. The summed E-state index contributed by atoms with van der Waals surface area (Å²) >= 11 is 0. The average molecular weight is 222 g/mol. The van der Waals surface area contributed by atoms with E-state index in [0.29, 0.717) is 0 Å². The van der Waals surface area contributed by atoms with E-state index in [0.717, 1.165) is 31.2 Å². The van der Waals surface area contributed by atoms with Gasteiger partial charge in [0.2, 0.25) is 0 Å². The van der Waals surface area contributed by atoms with E-state index < -0.39 is 5.60 Å². The second-order valence-corrected chi connectivity index (χ2v) is 5.46. The Morgan fingerprint density at radius 3 is 2.19 bits per heavy atom. The molecule has 88 valence electrons. The molecule has 1 aromatic rings. The van der Waals surface area contributed by atoms with Crippen LogP contribution < -0.4 is 0 Å².